The average molecular weight is 385 g/mol. The molecule has 0 unspecified atom stereocenters. The molecule has 2 rings (SSSR count). The first-order chi connectivity index (χ1) is 11.6. The Kier molecular flexibility index (Phi) is 5.69. The van der Waals surface area contributed by atoms with Gasteiger partial charge in [0.15, 0.2) is 0 Å². The largest absolute Gasteiger partial charge is 0.324 e. The van der Waals surface area contributed by atoms with E-state index in [4.69, 9.17) is 11.6 Å². The second-order valence-electron chi connectivity index (χ2n) is 5.63. The Bertz CT molecular complexity index is 903. The molecule has 25 heavy (non-hydrogen) atoms. The van der Waals surface area contributed by atoms with Gasteiger partial charge in [-0.3, -0.25) is 9.10 Å². The van der Waals surface area contributed by atoms with E-state index in [2.05, 4.69) is 5.32 Å². The van der Waals surface area contributed by atoms with Crippen LogP contribution in [0.5, 0.6) is 0 Å². The van der Waals surface area contributed by atoms with Crippen LogP contribution in [0.4, 0.5) is 15.8 Å². The lowest BCUT2D eigenvalue weighted by atomic mass is 10.2. The predicted molar refractivity (Wildman–Crippen MR) is 98.0 cm³/mol. The van der Waals surface area contributed by atoms with Crippen LogP contribution in [0.25, 0.3) is 0 Å². The van der Waals surface area contributed by atoms with Crippen molar-refractivity contribution in [2.75, 3.05) is 15.9 Å². The number of nitrogens with zero attached hydrogens (tertiary/aromatic N) is 1. The molecule has 0 aromatic heterocycles. The highest BCUT2D eigenvalue weighted by molar-refractivity contribution is 7.92. The number of carbonyl (C=O) groups is 1. The summed E-state index contributed by atoms with van der Waals surface area (Å²) in [4.78, 5) is 12.6. The number of aryl methyl sites for hydroxylation is 1. The lowest BCUT2D eigenvalue weighted by Gasteiger charge is -2.28. The van der Waals surface area contributed by atoms with E-state index in [9.17, 15) is 17.6 Å². The van der Waals surface area contributed by atoms with Crippen molar-refractivity contribution in [2.24, 2.45) is 0 Å². The summed E-state index contributed by atoms with van der Waals surface area (Å²) in [5.74, 6) is -1.33. The van der Waals surface area contributed by atoms with E-state index < -0.39 is 27.8 Å². The molecule has 2 aromatic carbocycles. The molecule has 1 amide bonds. The molecule has 8 heteroatoms. The Morgan fingerprint density at radius 1 is 1.24 bits per heavy atom. The number of anilines is 2. The van der Waals surface area contributed by atoms with Crippen molar-refractivity contribution >= 4 is 38.9 Å². The van der Waals surface area contributed by atoms with Crippen LogP contribution >= 0.6 is 11.6 Å². The maximum absolute atomic E-state index is 14.1. The number of carbonyl (C=O) groups excluding carboxylic acids is 1. The average Bonchev–Trinajstić information content (AvgIpc) is 2.51. The maximum atomic E-state index is 14.1. The number of hydrogen-bond acceptors (Lipinski definition) is 3. The van der Waals surface area contributed by atoms with Gasteiger partial charge in [0.2, 0.25) is 15.9 Å². The molecule has 134 valence electrons. The number of hydrogen-bond donors (Lipinski definition) is 1. The third kappa shape index (κ3) is 4.49. The third-order valence-electron chi connectivity index (χ3n) is 3.64. The fourth-order valence-electron chi connectivity index (χ4n) is 2.38. The van der Waals surface area contributed by atoms with Crippen molar-refractivity contribution in [1.29, 1.82) is 0 Å². The zero-order chi connectivity index (χ0) is 18.8. The van der Waals surface area contributed by atoms with E-state index in [-0.39, 0.29) is 5.69 Å². The summed E-state index contributed by atoms with van der Waals surface area (Å²) in [6.45, 7) is 3.17. The van der Waals surface area contributed by atoms with Gasteiger partial charge in [-0.1, -0.05) is 29.8 Å². The monoisotopic (exact) mass is 384 g/mol. The smallest absolute Gasteiger partial charge is 0.248 e. The molecule has 0 spiro atoms. The van der Waals surface area contributed by atoms with Crippen LogP contribution in [-0.2, 0) is 14.8 Å². The van der Waals surface area contributed by atoms with Crippen molar-refractivity contribution < 1.29 is 17.6 Å². The van der Waals surface area contributed by atoms with Crippen molar-refractivity contribution in [3.05, 3.63) is 58.9 Å². The highest BCUT2D eigenvalue weighted by Gasteiger charge is 2.31. The summed E-state index contributed by atoms with van der Waals surface area (Å²) in [7, 11) is -3.89. The molecule has 0 saturated heterocycles. The van der Waals surface area contributed by atoms with E-state index in [0.717, 1.165) is 22.2 Å². The first-order valence-electron chi connectivity index (χ1n) is 7.42. The van der Waals surface area contributed by atoms with Crippen LogP contribution in [0.1, 0.15) is 12.5 Å². The molecule has 0 fully saturated rings. The Hall–Kier alpha value is -2.12. The van der Waals surface area contributed by atoms with Crippen molar-refractivity contribution in [3.63, 3.8) is 0 Å². The zero-order valence-corrected chi connectivity index (χ0v) is 15.5. The molecule has 0 aliphatic rings. The van der Waals surface area contributed by atoms with Gasteiger partial charge in [-0.2, -0.15) is 0 Å². The lowest BCUT2D eigenvalue weighted by molar-refractivity contribution is -0.116. The number of amides is 1. The van der Waals surface area contributed by atoms with Crippen LogP contribution in [0.2, 0.25) is 5.02 Å². The topological polar surface area (TPSA) is 66.5 Å². The van der Waals surface area contributed by atoms with Gasteiger partial charge in [-0.05, 0) is 43.7 Å². The second kappa shape index (κ2) is 7.41. The van der Waals surface area contributed by atoms with Crippen LogP contribution in [0.3, 0.4) is 0 Å². The van der Waals surface area contributed by atoms with Gasteiger partial charge in [0.25, 0.3) is 0 Å². The molecule has 0 heterocycles. The maximum Gasteiger partial charge on any atom is 0.248 e. The summed E-state index contributed by atoms with van der Waals surface area (Å²) in [6, 6.07) is 9.21. The molecule has 0 saturated carbocycles. The van der Waals surface area contributed by atoms with Crippen molar-refractivity contribution in [3.8, 4) is 0 Å². The fraction of sp³-hybridized carbons (Fsp3) is 0.235. The van der Waals surface area contributed by atoms with E-state index in [0.29, 0.717) is 10.7 Å². The molecule has 0 bridgehead atoms. The molecule has 0 radical (unpaired) electrons. The van der Waals surface area contributed by atoms with Crippen LogP contribution < -0.4 is 9.62 Å². The minimum atomic E-state index is -3.89. The highest BCUT2D eigenvalue weighted by atomic mass is 35.5. The first-order valence-corrected chi connectivity index (χ1v) is 9.65. The standard InChI is InChI=1S/C17H18ClFN2O3S/c1-11-8-9-13(18)10-15(11)20-17(22)12(2)21(25(3,23)24)16-7-5-4-6-14(16)19/h4-10,12H,1-3H3,(H,20,22)/t12-/m0/s1. The number of rotatable bonds is 5. The SMILES string of the molecule is Cc1ccc(Cl)cc1NC(=O)[C@H](C)N(c1ccccc1F)S(C)(=O)=O. The van der Waals surface area contributed by atoms with E-state index >= 15 is 0 Å². The van der Waals surface area contributed by atoms with Gasteiger partial charge in [0.05, 0.1) is 11.9 Å². The van der Waals surface area contributed by atoms with Gasteiger partial charge < -0.3 is 5.32 Å². The number of sulfonamides is 1. The summed E-state index contributed by atoms with van der Waals surface area (Å²) in [5, 5.41) is 3.07. The van der Waals surface area contributed by atoms with E-state index in [1.165, 1.54) is 25.1 Å². The Morgan fingerprint density at radius 2 is 1.88 bits per heavy atom. The van der Waals surface area contributed by atoms with Crippen LogP contribution in [0.15, 0.2) is 42.5 Å². The van der Waals surface area contributed by atoms with Crippen LogP contribution in [0, 0.1) is 12.7 Å². The molecule has 2 aromatic rings. The predicted octanol–water partition coefficient (Wildman–Crippen LogP) is 3.58. The number of para-hydroxylation sites is 1. The van der Waals surface area contributed by atoms with Gasteiger partial charge in [0.1, 0.15) is 11.9 Å². The Labute approximate surface area is 151 Å². The summed E-state index contributed by atoms with van der Waals surface area (Å²) >= 11 is 5.92. The quantitative estimate of drug-likeness (QED) is 0.856. The first kappa shape index (κ1) is 19.2. The van der Waals surface area contributed by atoms with Crippen molar-refractivity contribution in [1.82, 2.24) is 0 Å². The van der Waals surface area contributed by atoms with Gasteiger partial charge >= 0.3 is 0 Å². The fourth-order valence-corrected chi connectivity index (χ4v) is 3.73. The minimum Gasteiger partial charge on any atom is -0.324 e. The molecular formula is C17H18ClFN2O3S. The zero-order valence-electron chi connectivity index (χ0n) is 14.0. The van der Waals surface area contributed by atoms with Gasteiger partial charge in [0, 0.05) is 10.7 Å². The normalized spacial score (nSPS) is 12.5. The van der Waals surface area contributed by atoms with Gasteiger partial charge in [-0.15, -0.1) is 0 Å². The molecule has 0 aliphatic heterocycles. The Morgan fingerprint density at radius 3 is 2.48 bits per heavy atom. The highest BCUT2D eigenvalue weighted by Crippen LogP contribution is 2.25. The minimum absolute atomic E-state index is 0.185. The van der Waals surface area contributed by atoms with E-state index in [1.54, 1.807) is 25.1 Å². The summed E-state index contributed by atoms with van der Waals surface area (Å²) < 4.78 is 39.2. The number of halogens is 2. The Balaban J connectivity index is 2.37. The molecule has 1 N–H and O–H groups in total. The summed E-state index contributed by atoms with van der Waals surface area (Å²) in [6.07, 6.45) is 0.924. The lowest BCUT2D eigenvalue weighted by Crippen LogP contribution is -2.45. The molecule has 0 aliphatic carbocycles. The van der Waals surface area contributed by atoms with E-state index in [1.807, 2.05) is 0 Å². The van der Waals surface area contributed by atoms with Crippen molar-refractivity contribution in [2.45, 2.75) is 19.9 Å². The van der Waals surface area contributed by atoms with Crippen LogP contribution in [-0.4, -0.2) is 26.6 Å². The second-order valence-corrected chi connectivity index (χ2v) is 7.93. The summed E-state index contributed by atoms with van der Waals surface area (Å²) in [5.41, 5.74) is 1.04. The molecule has 5 nitrogen and oxygen atoms in total. The third-order valence-corrected chi connectivity index (χ3v) is 5.10. The number of benzene rings is 2. The van der Waals surface area contributed by atoms with Gasteiger partial charge in [-0.25, -0.2) is 12.8 Å². The molecular weight excluding hydrogens is 367 g/mol. The number of nitrogens with one attached hydrogen (secondary N) is 1. The molecule has 1 atom stereocenters.